The lowest BCUT2D eigenvalue weighted by molar-refractivity contribution is 0.184. The molecule has 0 rings (SSSR count). The number of nitrogens with two attached hydrogens (primary N) is 1. The lowest BCUT2D eigenvalue weighted by Gasteiger charge is -2.28. The molecule has 112 valence electrons. The average Bonchev–Trinajstić information content (AvgIpc) is 2.33. The highest BCUT2D eigenvalue weighted by molar-refractivity contribution is 7.87. The molecule has 0 saturated carbocycles. The van der Waals surface area contributed by atoms with Crippen LogP contribution < -0.4 is 10.5 Å². The number of methoxy groups -OCH3 is 1. The molecule has 0 aromatic carbocycles. The first-order valence-electron chi connectivity index (χ1n) is 5.80. The SMILES string of the molecule is CCC(N)(CC)CNS(=O)(=O)N(C)CCOC.Cl. The Bertz CT molecular complexity index is 307. The molecule has 0 aliphatic rings. The minimum absolute atomic E-state index is 0. The second-order valence-corrected chi connectivity index (χ2v) is 6.07. The molecule has 0 saturated heterocycles. The van der Waals surface area contributed by atoms with Gasteiger partial charge in [0.05, 0.1) is 6.61 Å². The summed E-state index contributed by atoms with van der Waals surface area (Å²) in [4.78, 5) is 0. The summed E-state index contributed by atoms with van der Waals surface area (Å²) in [7, 11) is -0.417. The highest BCUT2D eigenvalue weighted by Crippen LogP contribution is 2.10. The molecule has 0 spiro atoms. The normalized spacial score (nSPS) is 12.6. The number of likely N-dealkylation sites (N-methyl/N-ethyl adjacent to an activating group) is 1. The van der Waals surface area contributed by atoms with Crippen molar-refractivity contribution in [3.8, 4) is 0 Å². The quantitative estimate of drug-likeness (QED) is 0.643. The van der Waals surface area contributed by atoms with Crippen molar-refractivity contribution >= 4 is 22.6 Å². The molecule has 0 aromatic heterocycles. The molecule has 18 heavy (non-hydrogen) atoms. The summed E-state index contributed by atoms with van der Waals surface area (Å²) in [6.45, 7) is 4.84. The standard InChI is InChI=1S/C10H25N3O3S.ClH/c1-5-10(11,6-2)9-12-17(14,15)13(3)7-8-16-4;/h12H,5-9,11H2,1-4H3;1H. The Morgan fingerprint density at radius 2 is 1.83 bits per heavy atom. The molecule has 0 atom stereocenters. The van der Waals surface area contributed by atoms with Crippen molar-refractivity contribution in [2.75, 3.05) is 33.9 Å². The number of ether oxygens (including phenoxy) is 1. The van der Waals surface area contributed by atoms with Crippen molar-refractivity contribution in [1.82, 2.24) is 9.03 Å². The highest BCUT2D eigenvalue weighted by Gasteiger charge is 2.24. The monoisotopic (exact) mass is 303 g/mol. The van der Waals surface area contributed by atoms with Crippen molar-refractivity contribution in [3.63, 3.8) is 0 Å². The van der Waals surface area contributed by atoms with E-state index >= 15 is 0 Å². The van der Waals surface area contributed by atoms with Crippen molar-refractivity contribution in [2.45, 2.75) is 32.2 Å². The minimum atomic E-state index is -3.46. The van der Waals surface area contributed by atoms with E-state index in [1.807, 2.05) is 13.8 Å². The van der Waals surface area contributed by atoms with Crippen LogP contribution in [-0.4, -0.2) is 52.1 Å². The Morgan fingerprint density at radius 1 is 1.33 bits per heavy atom. The van der Waals surface area contributed by atoms with Crippen molar-refractivity contribution < 1.29 is 13.2 Å². The summed E-state index contributed by atoms with van der Waals surface area (Å²) in [5.74, 6) is 0. The Hall–Kier alpha value is 0.0800. The van der Waals surface area contributed by atoms with Gasteiger partial charge < -0.3 is 10.5 Å². The number of nitrogens with zero attached hydrogens (tertiary/aromatic N) is 1. The molecule has 0 heterocycles. The van der Waals surface area contributed by atoms with Crippen LogP contribution in [0.3, 0.4) is 0 Å². The maximum Gasteiger partial charge on any atom is 0.279 e. The number of rotatable bonds is 9. The van der Waals surface area contributed by atoms with Gasteiger partial charge in [-0.05, 0) is 12.8 Å². The number of hydrogen-bond acceptors (Lipinski definition) is 4. The fraction of sp³-hybridized carbons (Fsp3) is 1.00. The zero-order valence-corrected chi connectivity index (χ0v) is 13.2. The van der Waals surface area contributed by atoms with Crippen LogP contribution in [0.4, 0.5) is 0 Å². The fourth-order valence-electron chi connectivity index (χ4n) is 1.19. The van der Waals surface area contributed by atoms with E-state index in [2.05, 4.69) is 4.72 Å². The van der Waals surface area contributed by atoms with Gasteiger partial charge in [-0.2, -0.15) is 12.7 Å². The van der Waals surface area contributed by atoms with Gasteiger partial charge in [-0.3, -0.25) is 0 Å². The molecule has 0 radical (unpaired) electrons. The number of nitrogens with one attached hydrogen (secondary N) is 1. The van der Waals surface area contributed by atoms with Crippen LogP contribution in [0.2, 0.25) is 0 Å². The van der Waals surface area contributed by atoms with Gasteiger partial charge in [0.2, 0.25) is 0 Å². The van der Waals surface area contributed by atoms with E-state index in [0.717, 1.165) is 12.8 Å². The van der Waals surface area contributed by atoms with Crippen LogP contribution in [0.25, 0.3) is 0 Å². The molecule has 0 aliphatic carbocycles. The van der Waals surface area contributed by atoms with Crippen molar-refractivity contribution in [1.29, 1.82) is 0 Å². The third kappa shape index (κ3) is 6.86. The van der Waals surface area contributed by atoms with E-state index in [0.29, 0.717) is 13.2 Å². The Morgan fingerprint density at radius 3 is 2.22 bits per heavy atom. The van der Waals surface area contributed by atoms with Gasteiger partial charge in [0, 0.05) is 32.8 Å². The minimum Gasteiger partial charge on any atom is -0.383 e. The summed E-state index contributed by atoms with van der Waals surface area (Å²) in [5, 5.41) is 0. The zero-order valence-electron chi connectivity index (χ0n) is 11.6. The van der Waals surface area contributed by atoms with Crippen LogP contribution in [0.5, 0.6) is 0 Å². The molecule has 8 heteroatoms. The summed E-state index contributed by atoms with van der Waals surface area (Å²) < 4.78 is 32.2. The molecule has 6 nitrogen and oxygen atoms in total. The van der Waals surface area contributed by atoms with Crippen molar-refractivity contribution in [2.24, 2.45) is 5.73 Å². The smallest absolute Gasteiger partial charge is 0.279 e. The van der Waals surface area contributed by atoms with Crippen LogP contribution in [0.1, 0.15) is 26.7 Å². The van der Waals surface area contributed by atoms with Gasteiger partial charge in [0.1, 0.15) is 0 Å². The van der Waals surface area contributed by atoms with Gasteiger partial charge in [0.15, 0.2) is 0 Å². The number of hydrogen-bond donors (Lipinski definition) is 2. The molecular formula is C10H26ClN3O3S. The fourth-order valence-corrected chi connectivity index (χ4v) is 2.19. The first-order chi connectivity index (χ1) is 7.81. The van der Waals surface area contributed by atoms with E-state index in [-0.39, 0.29) is 19.0 Å². The number of halogens is 1. The predicted octanol–water partition coefficient (Wildman–Crippen LogP) is 0.338. The lowest BCUT2D eigenvalue weighted by atomic mass is 9.95. The van der Waals surface area contributed by atoms with E-state index in [1.54, 1.807) is 0 Å². The van der Waals surface area contributed by atoms with Gasteiger partial charge in [0.25, 0.3) is 10.2 Å². The van der Waals surface area contributed by atoms with E-state index in [1.165, 1.54) is 18.5 Å². The van der Waals surface area contributed by atoms with Gasteiger partial charge in [-0.25, -0.2) is 4.72 Å². The van der Waals surface area contributed by atoms with Gasteiger partial charge in [-0.1, -0.05) is 13.8 Å². The lowest BCUT2D eigenvalue weighted by Crippen LogP contribution is -2.52. The largest absolute Gasteiger partial charge is 0.383 e. The van der Waals surface area contributed by atoms with Gasteiger partial charge in [-0.15, -0.1) is 12.4 Å². The van der Waals surface area contributed by atoms with Crippen LogP contribution in [0.15, 0.2) is 0 Å². The van der Waals surface area contributed by atoms with Gasteiger partial charge >= 0.3 is 0 Å². The molecule has 3 N–H and O–H groups in total. The first kappa shape index (κ1) is 20.4. The molecule has 0 fully saturated rings. The molecular weight excluding hydrogens is 278 g/mol. The maximum atomic E-state index is 11.8. The highest BCUT2D eigenvalue weighted by atomic mass is 35.5. The average molecular weight is 304 g/mol. The van der Waals surface area contributed by atoms with Crippen LogP contribution >= 0.6 is 12.4 Å². The molecule has 0 bridgehead atoms. The second-order valence-electron chi connectivity index (χ2n) is 4.21. The topological polar surface area (TPSA) is 84.7 Å². The third-order valence-electron chi connectivity index (χ3n) is 3.04. The first-order valence-corrected chi connectivity index (χ1v) is 7.24. The Labute approximate surface area is 117 Å². The molecule has 0 aromatic rings. The molecule has 0 amide bonds. The zero-order chi connectivity index (χ0) is 13.5. The van der Waals surface area contributed by atoms with E-state index < -0.39 is 15.7 Å². The predicted molar refractivity (Wildman–Crippen MR) is 76.2 cm³/mol. The summed E-state index contributed by atoms with van der Waals surface area (Å²) in [6, 6.07) is 0. The molecule has 0 aliphatic heterocycles. The van der Waals surface area contributed by atoms with Crippen LogP contribution in [0, 0.1) is 0 Å². The maximum absolute atomic E-state index is 11.8. The van der Waals surface area contributed by atoms with E-state index in [4.69, 9.17) is 10.5 Å². The Balaban J connectivity index is 0. The van der Waals surface area contributed by atoms with E-state index in [9.17, 15) is 8.42 Å². The molecule has 0 unspecified atom stereocenters. The summed E-state index contributed by atoms with van der Waals surface area (Å²) in [5.41, 5.74) is 5.56. The third-order valence-corrected chi connectivity index (χ3v) is 4.55. The van der Waals surface area contributed by atoms with Crippen molar-refractivity contribution in [3.05, 3.63) is 0 Å². The van der Waals surface area contributed by atoms with Crippen LogP contribution in [-0.2, 0) is 14.9 Å². The second kappa shape index (κ2) is 9.06. The summed E-state index contributed by atoms with van der Waals surface area (Å²) in [6.07, 6.45) is 1.46. The Kier molecular flexibility index (Phi) is 10.3. The summed E-state index contributed by atoms with van der Waals surface area (Å²) >= 11 is 0.